The molecule has 4 rings (SSSR count). The summed E-state index contributed by atoms with van der Waals surface area (Å²) in [5.74, 6) is -1.71. The van der Waals surface area contributed by atoms with Crippen LogP contribution in [-0.4, -0.2) is 34.9 Å². The third-order valence-electron chi connectivity index (χ3n) is 6.40. The zero-order valence-electron chi connectivity index (χ0n) is 20.3. The molecule has 3 aromatic carbocycles. The molecular formula is C28H26F3N3O4. The Morgan fingerprint density at radius 2 is 1.58 bits per heavy atom. The Kier molecular flexibility index (Phi) is 7.99. The summed E-state index contributed by atoms with van der Waals surface area (Å²) in [5, 5.41) is 2.47. The Morgan fingerprint density at radius 3 is 2.26 bits per heavy atom. The number of amides is 3. The number of nitrogens with zero attached hydrogens (tertiary/aromatic N) is 1. The van der Waals surface area contributed by atoms with Crippen molar-refractivity contribution in [3.8, 4) is 0 Å². The smallest absolute Gasteiger partial charge is 0.416 e. The maximum Gasteiger partial charge on any atom is 0.416 e. The number of hydrogen-bond acceptors (Lipinski definition) is 4. The number of carbonyl (C=O) groups is 3. The highest BCUT2D eigenvalue weighted by atomic mass is 19.4. The largest absolute Gasteiger partial charge is 0.445 e. The van der Waals surface area contributed by atoms with Crippen molar-refractivity contribution in [2.24, 2.45) is 5.73 Å². The van der Waals surface area contributed by atoms with E-state index in [1.807, 2.05) is 24.3 Å². The van der Waals surface area contributed by atoms with Gasteiger partial charge in [-0.1, -0.05) is 72.8 Å². The second kappa shape index (κ2) is 11.4. The van der Waals surface area contributed by atoms with Gasteiger partial charge in [-0.2, -0.15) is 13.2 Å². The fourth-order valence-electron chi connectivity index (χ4n) is 4.44. The summed E-state index contributed by atoms with van der Waals surface area (Å²) < 4.78 is 45.9. The number of nitrogens with two attached hydrogens (primary N) is 1. The second-order valence-corrected chi connectivity index (χ2v) is 8.98. The lowest BCUT2D eigenvalue weighted by atomic mass is 9.93. The number of fused-ring (bicyclic) bond motifs is 1. The molecule has 0 fully saturated rings. The lowest BCUT2D eigenvalue weighted by Crippen LogP contribution is -2.56. The van der Waals surface area contributed by atoms with Crippen LogP contribution in [0.5, 0.6) is 0 Å². The van der Waals surface area contributed by atoms with E-state index in [9.17, 15) is 27.6 Å². The topological polar surface area (TPSA) is 102 Å². The van der Waals surface area contributed by atoms with Crippen LogP contribution in [0.4, 0.5) is 18.0 Å². The Morgan fingerprint density at radius 1 is 0.947 bits per heavy atom. The van der Waals surface area contributed by atoms with Crippen LogP contribution < -0.4 is 11.1 Å². The molecule has 0 radical (unpaired) electrons. The van der Waals surface area contributed by atoms with E-state index < -0.39 is 48.2 Å². The van der Waals surface area contributed by atoms with Crippen molar-refractivity contribution in [3.63, 3.8) is 0 Å². The SMILES string of the molecule is NC(=O)[C@H](Cc1ccccc1C(F)(F)F)NC(=O)[C@@H]1Cc2ccccc2CN1C(=O)OCc1ccccc1. The maximum absolute atomic E-state index is 13.5. The van der Waals surface area contributed by atoms with Crippen LogP contribution in [0, 0.1) is 0 Å². The molecule has 3 amide bonds. The molecule has 3 N–H and O–H groups in total. The van der Waals surface area contributed by atoms with Gasteiger partial charge in [-0.25, -0.2) is 4.79 Å². The molecule has 38 heavy (non-hydrogen) atoms. The van der Waals surface area contributed by atoms with Gasteiger partial charge < -0.3 is 15.8 Å². The van der Waals surface area contributed by atoms with Gasteiger partial charge in [0.1, 0.15) is 18.7 Å². The molecular weight excluding hydrogens is 499 g/mol. The molecule has 2 atom stereocenters. The van der Waals surface area contributed by atoms with E-state index in [2.05, 4.69) is 5.32 Å². The quantitative estimate of drug-likeness (QED) is 0.487. The minimum atomic E-state index is -4.64. The average molecular weight is 526 g/mol. The first-order valence-corrected chi connectivity index (χ1v) is 11.9. The first-order chi connectivity index (χ1) is 18.1. The Bertz CT molecular complexity index is 1310. The van der Waals surface area contributed by atoms with E-state index >= 15 is 0 Å². The lowest BCUT2D eigenvalue weighted by Gasteiger charge is -2.35. The number of primary amides is 1. The highest BCUT2D eigenvalue weighted by molar-refractivity contribution is 5.91. The summed E-state index contributed by atoms with van der Waals surface area (Å²) in [4.78, 5) is 39.9. The second-order valence-electron chi connectivity index (χ2n) is 8.98. The minimum absolute atomic E-state index is 0.00963. The van der Waals surface area contributed by atoms with Crippen molar-refractivity contribution in [1.82, 2.24) is 10.2 Å². The van der Waals surface area contributed by atoms with Crippen molar-refractivity contribution < 1.29 is 32.3 Å². The van der Waals surface area contributed by atoms with Crippen LogP contribution in [0.15, 0.2) is 78.9 Å². The fraction of sp³-hybridized carbons (Fsp3) is 0.250. The molecule has 10 heteroatoms. The van der Waals surface area contributed by atoms with Crippen molar-refractivity contribution in [1.29, 1.82) is 0 Å². The summed E-state index contributed by atoms with van der Waals surface area (Å²) in [5.41, 5.74) is 6.79. The van der Waals surface area contributed by atoms with Crippen LogP contribution in [0.1, 0.15) is 27.8 Å². The third kappa shape index (κ3) is 6.31. The molecule has 0 bridgehead atoms. The van der Waals surface area contributed by atoms with E-state index in [4.69, 9.17) is 10.5 Å². The normalized spacial score (nSPS) is 15.8. The fourth-order valence-corrected chi connectivity index (χ4v) is 4.44. The molecule has 1 aliphatic rings. The molecule has 1 aliphatic heterocycles. The van der Waals surface area contributed by atoms with Crippen molar-refractivity contribution >= 4 is 17.9 Å². The maximum atomic E-state index is 13.5. The first-order valence-electron chi connectivity index (χ1n) is 11.9. The average Bonchev–Trinajstić information content (AvgIpc) is 2.90. The van der Waals surface area contributed by atoms with Gasteiger partial charge in [-0.05, 0) is 28.3 Å². The number of hydrogen-bond donors (Lipinski definition) is 2. The standard InChI is InChI=1S/C28H26F3N3O4/c29-28(30,31)22-13-7-6-11-20(22)14-23(25(32)35)33-26(36)24-15-19-10-4-5-12-21(19)16-34(24)27(37)38-17-18-8-2-1-3-9-18/h1-13,23-24H,14-17H2,(H2,32,35)(H,33,36)/t23-,24-/m0/s1. The van der Waals surface area contributed by atoms with E-state index in [1.54, 1.807) is 30.3 Å². The summed E-state index contributed by atoms with van der Waals surface area (Å²) in [6, 6.07) is 18.6. The first kappa shape index (κ1) is 26.7. The van der Waals surface area contributed by atoms with E-state index in [1.165, 1.54) is 23.1 Å². The minimum Gasteiger partial charge on any atom is -0.445 e. The monoisotopic (exact) mass is 525 g/mol. The van der Waals surface area contributed by atoms with Crippen LogP contribution in [0.2, 0.25) is 0 Å². The predicted octanol–water partition coefficient (Wildman–Crippen LogP) is 3.98. The van der Waals surface area contributed by atoms with Gasteiger partial charge in [-0.3, -0.25) is 14.5 Å². The van der Waals surface area contributed by atoms with Gasteiger partial charge in [0.05, 0.1) is 12.1 Å². The van der Waals surface area contributed by atoms with Crippen LogP contribution in [-0.2, 0) is 46.5 Å². The molecule has 0 aromatic heterocycles. The number of carbonyl (C=O) groups excluding carboxylic acids is 3. The molecule has 0 aliphatic carbocycles. The molecule has 7 nitrogen and oxygen atoms in total. The Hall–Kier alpha value is -4.34. The molecule has 0 unspecified atom stereocenters. The molecule has 3 aromatic rings. The molecule has 198 valence electrons. The zero-order chi connectivity index (χ0) is 27.3. The molecule has 0 spiro atoms. The summed E-state index contributed by atoms with van der Waals surface area (Å²) >= 11 is 0. The Labute approximate surface area is 217 Å². The number of benzene rings is 3. The lowest BCUT2D eigenvalue weighted by molar-refractivity contribution is -0.138. The number of rotatable bonds is 7. The van der Waals surface area contributed by atoms with E-state index in [-0.39, 0.29) is 25.1 Å². The van der Waals surface area contributed by atoms with Crippen LogP contribution >= 0.6 is 0 Å². The van der Waals surface area contributed by atoms with Crippen molar-refractivity contribution in [3.05, 3.63) is 107 Å². The summed E-state index contributed by atoms with van der Waals surface area (Å²) in [6.07, 6.45) is -5.71. The number of halogens is 3. The zero-order valence-corrected chi connectivity index (χ0v) is 20.3. The van der Waals surface area contributed by atoms with Crippen molar-refractivity contribution in [2.75, 3.05) is 0 Å². The highest BCUT2D eigenvalue weighted by Crippen LogP contribution is 2.32. The number of nitrogens with one attached hydrogen (secondary N) is 1. The predicted molar refractivity (Wildman–Crippen MR) is 132 cm³/mol. The Balaban J connectivity index is 1.54. The third-order valence-corrected chi connectivity index (χ3v) is 6.40. The van der Waals surface area contributed by atoms with Gasteiger partial charge in [0.25, 0.3) is 0 Å². The molecule has 1 heterocycles. The number of ether oxygens (including phenoxy) is 1. The summed E-state index contributed by atoms with van der Waals surface area (Å²) in [6.45, 7) is 0.0737. The highest BCUT2D eigenvalue weighted by Gasteiger charge is 2.38. The number of alkyl halides is 3. The van der Waals surface area contributed by atoms with Gasteiger partial charge in [-0.15, -0.1) is 0 Å². The van der Waals surface area contributed by atoms with Gasteiger partial charge in [0, 0.05) is 12.8 Å². The van der Waals surface area contributed by atoms with Gasteiger partial charge in [0.2, 0.25) is 11.8 Å². The molecule has 0 saturated heterocycles. The van der Waals surface area contributed by atoms with E-state index in [0.717, 1.165) is 22.8 Å². The van der Waals surface area contributed by atoms with Crippen molar-refractivity contribution in [2.45, 2.75) is 44.3 Å². The summed E-state index contributed by atoms with van der Waals surface area (Å²) in [7, 11) is 0. The van der Waals surface area contributed by atoms with E-state index in [0.29, 0.717) is 0 Å². The van der Waals surface area contributed by atoms with Crippen LogP contribution in [0.25, 0.3) is 0 Å². The van der Waals surface area contributed by atoms with Gasteiger partial charge >= 0.3 is 12.3 Å². The molecule has 0 saturated carbocycles. The van der Waals surface area contributed by atoms with Crippen LogP contribution in [0.3, 0.4) is 0 Å². The van der Waals surface area contributed by atoms with Gasteiger partial charge in [0.15, 0.2) is 0 Å².